The number of benzene rings is 2. The fraction of sp³-hybridized carbons (Fsp3) is 0.263. The Labute approximate surface area is 172 Å². The lowest BCUT2D eigenvalue weighted by Crippen LogP contribution is -2.32. The van der Waals surface area contributed by atoms with Crippen LogP contribution in [0.15, 0.2) is 45.8 Å². The van der Waals surface area contributed by atoms with E-state index >= 15 is 0 Å². The third-order valence-electron chi connectivity index (χ3n) is 3.96. The summed E-state index contributed by atoms with van der Waals surface area (Å²) in [5, 5.41) is 2.60. The number of amides is 1. The second-order valence-electron chi connectivity index (χ2n) is 6.26. The Morgan fingerprint density at radius 1 is 1.04 bits per heavy atom. The molecule has 1 amide bonds. The fourth-order valence-electron chi connectivity index (χ4n) is 2.22. The van der Waals surface area contributed by atoms with Crippen molar-refractivity contribution in [2.24, 2.45) is 0 Å². The minimum atomic E-state index is -3.85. The number of hydrogen-bond acceptors (Lipinski definition) is 5. The van der Waals surface area contributed by atoms with E-state index in [4.69, 9.17) is 4.74 Å². The van der Waals surface area contributed by atoms with Crippen LogP contribution in [-0.4, -0.2) is 33.4 Å². The van der Waals surface area contributed by atoms with Gasteiger partial charge in [-0.3, -0.25) is 9.59 Å². The van der Waals surface area contributed by atoms with Gasteiger partial charge in [-0.1, -0.05) is 12.1 Å². The molecule has 2 aromatic carbocycles. The van der Waals surface area contributed by atoms with Gasteiger partial charge in [-0.05, 0) is 77.7 Å². The number of carbonyl (C=O) groups excluding carboxylic acids is 2. The molecule has 0 saturated heterocycles. The van der Waals surface area contributed by atoms with Crippen LogP contribution in [0.25, 0.3) is 0 Å². The van der Waals surface area contributed by atoms with Crippen LogP contribution in [-0.2, 0) is 24.3 Å². The average molecular weight is 469 g/mol. The first kappa shape index (κ1) is 22.1. The van der Waals surface area contributed by atoms with Crippen molar-refractivity contribution in [3.05, 3.63) is 57.6 Å². The average Bonchev–Trinajstić information content (AvgIpc) is 2.63. The highest BCUT2D eigenvalue weighted by Gasteiger charge is 2.17. The van der Waals surface area contributed by atoms with E-state index in [0.29, 0.717) is 10.2 Å². The predicted molar refractivity (Wildman–Crippen MR) is 110 cm³/mol. The monoisotopic (exact) mass is 468 g/mol. The van der Waals surface area contributed by atoms with Crippen LogP contribution in [0, 0.1) is 20.8 Å². The molecule has 28 heavy (non-hydrogen) atoms. The molecule has 0 atom stereocenters. The van der Waals surface area contributed by atoms with Gasteiger partial charge in [-0.15, -0.1) is 0 Å². The maximum atomic E-state index is 12.2. The summed E-state index contributed by atoms with van der Waals surface area (Å²) in [7, 11) is -3.85. The third kappa shape index (κ3) is 6.15. The van der Waals surface area contributed by atoms with Crippen LogP contribution in [0.5, 0.6) is 0 Å². The molecule has 0 bridgehead atoms. The number of anilines is 1. The number of hydrogen-bond donors (Lipinski definition) is 2. The summed E-state index contributed by atoms with van der Waals surface area (Å²) in [6, 6.07) is 10.1. The SMILES string of the molecule is Cc1ccc(NC(=O)COC(=O)CNS(=O)(=O)c2ccc(C)c(C)c2)c(Br)c1. The third-order valence-corrected chi connectivity index (χ3v) is 6.01. The lowest BCUT2D eigenvalue weighted by molar-refractivity contribution is -0.146. The van der Waals surface area contributed by atoms with E-state index in [1.807, 2.05) is 26.0 Å². The molecule has 2 aromatic rings. The maximum absolute atomic E-state index is 12.2. The zero-order valence-electron chi connectivity index (χ0n) is 15.7. The van der Waals surface area contributed by atoms with E-state index in [2.05, 4.69) is 26.0 Å². The van der Waals surface area contributed by atoms with Gasteiger partial charge in [0.05, 0.1) is 10.6 Å². The van der Waals surface area contributed by atoms with Crippen LogP contribution >= 0.6 is 15.9 Å². The van der Waals surface area contributed by atoms with E-state index in [1.165, 1.54) is 12.1 Å². The summed E-state index contributed by atoms with van der Waals surface area (Å²) in [5.41, 5.74) is 3.35. The number of sulfonamides is 1. The molecule has 0 fully saturated rings. The van der Waals surface area contributed by atoms with Crippen LogP contribution in [0.1, 0.15) is 16.7 Å². The molecule has 2 rings (SSSR count). The Morgan fingerprint density at radius 2 is 1.75 bits per heavy atom. The fourth-order valence-corrected chi connectivity index (χ4v) is 3.87. The number of ether oxygens (including phenoxy) is 1. The molecule has 7 nitrogen and oxygen atoms in total. The smallest absolute Gasteiger partial charge is 0.321 e. The first-order valence-electron chi connectivity index (χ1n) is 8.37. The summed E-state index contributed by atoms with van der Waals surface area (Å²) in [6.07, 6.45) is 0. The van der Waals surface area contributed by atoms with Crippen LogP contribution in [0.4, 0.5) is 5.69 Å². The van der Waals surface area contributed by atoms with Crippen molar-refractivity contribution in [3.63, 3.8) is 0 Å². The van der Waals surface area contributed by atoms with E-state index in [1.54, 1.807) is 19.1 Å². The molecule has 0 aliphatic heterocycles. The lowest BCUT2D eigenvalue weighted by atomic mass is 10.1. The standard InChI is InChI=1S/C19H21BrN2O5S/c1-12-4-7-17(16(20)8-12)22-18(23)11-27-19(24)10-21-28(25,26)15-6-5-13(2)14(3)9-15/h4-9,21H,10-11H2,1-3H3,(H,22,23). The zero-order valence-corrected chi connectivity index (χ0v) is 18.1. The van der Waals surface area contributed by atoms with Gasteiger partial charge in [0.1, 0.15) is 6.54 Å². The number of rotatable bonds is 7. The molecule has 0 spiro atoms. The lowest BCUT2D eigenvalue weighted by Gasteiger charge is -2.10. The summed E-state index contributed by atoms with van der Waals surface area (Å²) in [5.74, 6) is -1.39. The molecule has 2 N–H and O–H groups in total. The van der Waals surface area contributed by atoms with Gasteiger partial charge in [0.25, 0.3) is 5.91 Å². The van der Waals surface area contributed by atoms with Crippen molar-refractivity contribution in [1.82, 2.24) is 4.72 Å². The number of carbonyl (C=O) groups is 2. The van der Waals surface area contributed by atoms with Gasteiger partial charge in [0, 0.05) is 4.47 Å². The van der Waals surface area contributed by atoms with Gasteiger partial charge in [0.2, 0.25) is 10.0 Å². The molecule has 9 heteroatoms. The molecule has 0 saturated carbocycles. The van der Waals surface area contributed by atoms with E-state index in [-0.39, 0.29) is 4.90 Å². The Bertz CT molecular complexity index is 1010. The highest BCUT2D eigenvalue weighted by Crippen LogP contribution is 2.23. The van der Waals surface area contributed by atoms with E-state index in [9.17, 15) is 18.0 Å². The minimum Gasteiger partial charge on any atom is -0.455 e. The number of halogens is 1. The van der Waals surface area contributed by atoms with Gasteiger partial charge >= 0.3 is 5.97 Å². The minimum absolute atomic E-state index is 0.0605. The number of aryl methyl sites for hydroxylation is 3. The largest absolute Gasteiger partial charge is 0.455 e. The van der Waals surface area contributed by atoms with E-state index < -0.39 is 35.1 Å². The number of nitrogens with one attached hydrogen (secondary N) is 2. The summed E-state index contributed by atoms with van der Waals surface area (Å²) in [4.78, 5) is 23.7. The predicted octanol–water partition coefficient (Wildman–Crippen LogP) is 2.83. The Balaban J connectivity index is 1.84. The summed E-state index contributed by atoms with van der Waals surface area (Å²) in [6.45, 7) is 4.49. The molecule has 0 unspecified atom stereocenters. The Kier molecular flexibility index (Phi) is 7.34. The van der Waals surface area contributed by atoms with Crippen molar-refractivity contribution >= 4 is 43.5 Å². The summed E-state index contributed by atoms with van der Waals surface area (Å²) >= 11 is 3.33. The highest BCUT2D eigenvalue weighted by atomic mass is 79.9. The van der Waals surface area contributed by atoms with Crippen molar-refractivity contribution in [2.45, 2.75) is 25.7 Å². The second kappa shape index (κ2) is 9.31. The van der Waals surface area contributed by atoms with Crippen LogP contribution in [0.3, 0.4) is 0 Å². The van der Waals surface area contributed by atoms with Crippen molar-refractivity contribution in [3.8, 4) is 0 Å². The second-order valence-corrected chi connectivity index (χ2v) is 8.88. The van der Waals surface area contributed by atoms with Crippen molar-refractivity contribution in [2.75, 3.05) is 18.5 Å². The quantitative estimate of drug-likeness (QED) is 0.608. The molecular formula is C19H21BrN2O5S. The zero-order chi connectivity index (χ0) is 20.9. The summed E-state index contributed by atoms with van der Waals surface area (Å²) < 4.78 is 32.2. The molecular weight excluding hydrogens is 448 g/mol. The molecule has 0 heterocycles. The number of esters is 1. The molecule has 0 radical (unpaired) electrons. The molecule has 0 aromatic heterocycles. The van der Waals surface area contributed by atoms with Gasteiger partial charge in [0.15, 0.2) is 6.61 Å². The topological polar surface area (TPSA) is 102 Å². The normalized spacial score (nSPS) is 11.1. The molecule has 0 aliphatic rings. The van der Waals surface area contributed by atoms with E-state index in [0.717, 1.165) is 16.7 Å². The van der Waals surface area contributed by atoms with Crippen LogP contribution < -0.4 is 10.0 Å². The van der Waals surface area contributed by atoms with Crippen molar-refractivity contribution in [1.29, 1.82) is 0 Å². The van der Waals surface area contributed by atoms with Crippen molar-refractivity contribution < 1.29 is 22.7 Å². The van der Waals surface area contributed by atoms with Gasteiger partial charge in [-0.2, -0.15) is 4.72 Å². The first-order chi connectivity index (χ1) is 13.1. The molecule has 0 aliphatic carbocycles. The van der Waals surface area contributed by atoms with Gasteiger partial charge in [-0.25, -0.2) is 8.42 Å². The Morgan fingerprint density at radius 3 is 2.39 bits per heavy atom. The van der Waals surface area contributed by atoms with Crippen LogP contribution in [0.2, 0.25) is 0 Å². The molecule has 150 valence electrons. The van der Waals surface area contributed by atoms with Gasteiger partial charge < -0.3 is 10.1 Å². The Hall–Kier alpha value is -2.23. The maximum Gasteiger partial charge on any atom is 0.321 e. The first-order valence-corrected chi connectivity index (χ1v) is 10.6. The highest BCUT2D eigenvalue weighted by molar-refractivity contribution is 9.10.